The average molecular weight is 567 g/mol. The van der Waals surface area contributed by atoms with E-state index in [1.165, 1.54) is 54.4 Å². The normalized spacial score (nSPS) is 21.2. The van der Waals surface area contributed by atoms with E-state index < -0.39 is 24.8 Å². The van der Waals surface area contributed by atoms with E-state index in [0.717, 1.165) is 0 Å². The Morgan fingerprint density at radius 3 is 2.33 bits per heavy atom. The summed E-state index contributed by atoms with van der Waals surface area (Å²) in [5.74, 6) is 0.0241. The van der Waals surface area contributed by atoms with E-state index in [-0.39, 0.29) is 24.7 Å². The van der Waals surface area contributed by atoms with Gasteiger partial charge in [0.15, 0.2) is 5.82 Å². The quantitative estimate of drug-likeness (QED) is 0.345. The van der Waals surface area contributed by atoms with Gasteiger partial charge in [0.25, 0.3) is 0 Å². The van der Waals surface area contributed by atoms with Crippen molar-refractivity contribution >= 4 is 11.8 Å². The smallest absolute Gasteiger partial charge is 0.416 e. The SMILES string of the molecule is COCN(C(=O)O[C@@H]1O[C@@H](C)[C@H](OC)C[C@H]1OC)c1ccc(-c2ncn(-c3ccc(OC(F)(F)F)cc3)n2)cc1. The van der Waals surface area contributed by atoms with Gasteiger partial charge in [0.2, 0.25) is 6.29 Å². The van der Waals surface area contributed by atoms with Crippen LogP contribution in [0, 0.1) is 0 Å². The van der Waals surface area contributed by atoms with E-state index in [1.54, 1.807) is 31.4 Å². The fourth-order valence-corrected chi connectivity index (χ4v) is 4.15. The molecule has 0 aliphatic carbocycles. The number of halogens is 3. The van der Waals surface area contributed by atoms with Crippen molar-refractivity contribution in [2.45, 2.75) is 44.3 Å². The molecule has 40 heavy (non-hydrogen) atoms. The average Bonchev–Trinajstić information content (AvgIpc) is 3.42. The second-order valence-electron chi connectivity index (χ2n) is 8.82. The second kappa shape index (κ2) is 12.6. The van der Waals surface area contributed by atoms with Crippen LogP contribution in [-0.2, 0) is 23.7 Å². The highest BCUT2D eigenvalue weighted by Gasteiger charge is 2.39. The Morgan fingerprint density at radius 1 is 1.05 bits per heavy atom. The zero-order valence-electron chi connectivity index (χ0n) is 22.2. The van der Waals surface area contributed by atoms with Crippen molar-refractivity contribution in [2.24, 2.45) is 0 Å². The highest BCUT2D eigenvalue weighted by molar-refractivity contribution is 5.87. The van der Waals surface area contributed by atoms with Gasteiger partial charge >= 0.3 is 12.5 Å². The van der Waals surface area contributed by atoms with Crippen molar-refractivity contribution in [2.75, 3.05) is 33.0 Å². The molecule has 0 unspecified atom stereocenters. The zero-order valence-corrected chi connectivity index (χ0v) is 22.2. The molecule has 11 nitrogen and oxygen atoms in total. The lowest BCUT2D eigenvalue weighted by Crippen LogP contribution is -2.50. The zero-order chi connectivity index (χ0) is 28.9. The van der Waals surface area contributed by atoms with Crippen LogP contribution >= 0.6 is 0 Å². The molecule has 2 aromatic carbocycles. The standard InChI is InChI=1S/C26H29F3N4O7/c1-16-21(36-3)13-22(37-4)24(38-16)39-25(34)32(15-35-2)18-7-5-17(6-8-18)23-30-14-33(31-23)19-9-11-20(12-10-19)40-26(27,28)29/h5-12,14,16,21-22,24H,13,15H2,1-4H3/t16-,21+,22+,24-/m0/s1. The summed E-state index contributed by atoms with van der Waals surface area (Å²) in [6.45, 7) is 1.75. The summed E-state index contributed by atoms with van der Waals surface area (Å²) in [6.07, 6.45) is -5.47. The maximum Gasteiger partial charge on any atom is 0.573 e. The first kappa shape index (κ1) is 29.3. The van der Waals surface area contributed by atoms with Crippen molar-refractivity contribution in [1.82, 2.24) is 14.8 Å². The molecule has 3 aromatic rings. The Balaban J connectivity index is 1.45. The van der Waals surface area contributed by atoms with Gasteiger partial charge < -0.3 is 28.4 Å². The van der Waals surface area contributed by atoms with Crippen LogP contribution in [0.15, 0.2) is 54.9 Å². The fourth-order valence-electron chi connectivity index (χ4n) is 4.15. The van der Waals surface area contributed by atoms with Crippen molar-refractivity contribution < 1.29 is 46.4 Å². The molecule has 14 heteroatoms. The molecule has 1 fully saturated rings. The molecule has 1 aliphatic rings. The molecule has 1 saturated heterocycles. The van der Waals surface area contributed by atoms with Gasteiger partial charge in [-0.05, 0) is 55.5 Å². The summed E-state index contributed by atoms with van der Waals surface area (Å²) >= 11 is 0. The van der Waals surface area contributed by atoms with Crippen LogP contribution in [0.5, 0.6) is 5.75 Å². The van der Waals surface area contributed by atoms with E-state index in [4.69, 9.17) is 23.7 Å². The number of nitrogens with zero attached hydrogens (tertiary/aromatic N) is 4. The molecule has 0 saturated carbocycles. The lowest BCUT2D eigenvalue weighted by molar-refractivity contribution is -0.274. The summed E-state index contributed by atoms with van der Waals surface area (Å²) in [6, 6.07) is 12.0. The first-order valence-corrected chi connectivity index (χ1v) is 12.2. The topological polar surface area (TPSA) is 106 Å². The lowest BCUT2D eigenvalue weighted by Gasteiger charge is -2.38. The first-order valence-electron chi connectivity index (χ1n) is 12.2. The second-order valence-corrected chi connectivity index (χ2v) is 8.82. The van der Waals surface area contributed by atoms with Crippen LogP contribution in [0.2, 0.25) is 0 Å². The van der Waals surface area contributed by atoms with Crippen LogP contribution in [0.1, 0.15) is 13.3 Å². The minimum Gasteiger partial charge on any atom is -0.416 e. The lowest BCUT2D eigenvalue weighted by atomic mass is 10.0. The minimum atomic E-state index is -4.77. The number of carbonyl (C=O) groups is 1. The van der Waals surface area contributed by atoms with Gasteiger partial charge in [0, 0.05) is 39.0 Å². The Hall–Kier alpha value is -3.72. The molecule has 1 aromatic heterocycles. The molecule has 0 radical (unpaired) electrons. The van der Waals surface area contributed by atoms with Crippen molar-refractivity contribution in [3.8, 4) is 22.8 Å². The van der Waals surface area contributed by atoms with Crippen LogP contribution in [0.25, 0.3) is 17.1 Å². The number of hydrogen-bond donors (Lipinski definition) is 0. The predicted octanol–water partition coefficient (Wildman–Crippen LogP) is 4.54. The number of anilines is 1. The van der Waals surface area contributed by atoms with Crippen molar-refractivity contribution in [1.29, 1.82) is 0 Å². The van der Waals surface area contributed by atoms with E-state index in [1.807, 2.05) is 6.92 Å². The monoisotopic (exact) mass is 566 g/mol. The molecule has 2 heterocycles. The number of ether oxygens (including phenoxy) is 6. The van der Waals surface area contributed by atoms with Gasteiger partial charge in [-0.15, -0.1) is 18.3 Å². The molecular weight excluding hydrogens is 537 g/mol. The molecule has 0 spiro atoms. The number of rotatable bonds is 9. The Morgan fingerprint density at radius 2 is 1.73 bits per heavy atom. The van der Waals surface area contributed by atoms with E-state index >= 15 is 0 Å². The Labute approximate surface area is 228 Å². The number of hydrogen-bond acceptors (Lipinski definition) is 9. The van der Waals surface area contributed by atoms with Gasteiger partial charge in [0.1, 0.15) is 24.9 Å². The molecule has 4 rings (SSSR count). The highest BCUT2D eigenvalue weighted by Crippen LogP contribution is 2.28. The number of carbonyl (C=O) groups excluding carboxylic acids is 1. The van der Waals surface area contributed by atoms with Crippen LogP contribution < -0.4 is 9.64 Å². The molecule has 0 N–H and O–H groups in total. The molecular formula is C26H29F3N4O7. The van der Waals surface area contributed by atoms with Gasteiger partial charge in [0.05, 0.1) is 17.9 Å². The summed E-state index contributed by atoms with van der Waals surface area (Å²) in [5, 5.41) is 4.39. The summed E-state index contributed by atoms with van der Waals surface area (Å²) in [5.41, 5.74) is 1.62. The maximum atomic E-state index is 13.1. The number of methoxy groups -OCH3 is 3. The van der Waals surface area contributed by atoms with Crippen LogP contribution in [-0.4, -0.2) is 79.9 Å². The minimum absolute atomic E-state index is 0.0836. The molecule has 1 amide bonds. The van der Waals surface area contributed by atoms with E-state index in [9.17, 15) is 18.0 Å². The van der Waals surface area contributed by atoms with Crippen molar-refractivity contribution in [3.05, 3.63) is 54.9 Å². The summed E-state index contributed by atoms with van der Waals surface area (Å²) in [4.78, 5) is 18.7. The summed E-state index contributed by atoms with van der Waals surface area (Å²) < 4.78 is 70.0. The molecule has 216 valence electrons. The number of aromatic nitrogens is 3. The molecule has 4 atom stereocenters. The largest absolute Gasteiger partial charge is 0.573 e. The Kier molecular flexibility index (Phi) is 9.25. The number of alkyl halides is 3. The van der Waals surface area contributed by atoms with Crippen LogP contribution in [0.3, 0.4) is 0 Å². The van der Waals surface area contributed by atoms with Crippen LogP contribution in [0.4, 0.5) is 23.7 Å². The van der Waals surface area contributed by atoms with E-state index in [0.29, 0.717) is 29.2 Å². The maximum absolute atomic E-state index is 13.1. The van der Waals surface area contributed by atoms with Gasteiger partial charge in [-0.2, -0.15) is 0 Å². The fraction of sp³-hybridized carbons (Fsp3) is 0.423. The van der Waals surface area contributed by atoms with Crippen molar-refractivity contribution in [3.63, 3.8) is 0 Å². The third-order valence-electron chi connectivity index (χ3n) is 6.21. The Bertz CT molecular complexity index is 1250. The molecule has 0 bridgehead atoms. The van der Waals surface area contributed by atoms with Gasteiger partial charge in [-0.3, -0.25) is 4.90 Å². The third kappa shape index (κ3) is 7.07. The summed E-state index contributed by atoms with van der Waals surface area (Å²) in [7, 11) is 4.55. The van der Waals surface area contributed by atoms with E-state index in [2.05, 4.69) is 14.8 Å². The number of amides is 1. The van der Waals surface area contributed by atoms with Gasteiger partial charge in [-0.1, -0.05) is 0 Å². The highest BCUT2D eigenvalue weighted by atomic mass is 19.4. The first-order chi connectivity index (χ1) is 19.1. The predicted molar refractivity (Wildman–Crippen MR) is 135 cm³/mol. The third-order valence-corrected chi connectivity index (χ3v) is 6.21. The molecule has 1 aliphatic heterocycles. The van der Waals surface area contributed by atoms with Gasteiger partial charge in [-0.25, -0.2) is 14.5 Å². The number of benzene rings is 2.